The Bertz CT molecular complexity index is 1230. The number of hydrogen-bond acceptors (Lipinski definition) is 4. The maximum Gasteiger partial charge on any atom is 0.416 e. The van der Waals surface area contributed by atoms with Gasteiger partial charge in [0, 0.05) is 48.0 Å². The number of aromatic nitrogens is 1. The molecule has 0 spiro atoms. The van der Waals surface area contributed by atoms with E-state index in [9.17, 15) is 27.6 Å². The number of hydrogen-bond donors (Lipinski definition) is 2. The van der Waals surface area contributed by atoms with Crippen LogP contribution in [0, 0.1) is 5.92 Å². The van der Waals surface area contributed by atoms with Crippen molar-refractivity contribution in [1.82, 2.24) is 4.98 Å². The Labute approximate surface area is 192 Å². The summed E-state index contributed by atoms with van der Waals surface area (Å²) in [6.45, 7) is -0.0474. The van der Waals surface area contributed by atoms with Crippen LogP contribution in [-0.2, 0) is 15.8 Å². The summed E-state index contributed by atoms with van der Waals surface area (Å²) >= 11 is 0. The van der Waals surface area contributed by atoms with Gasteiger partial charge in [-0.25, -0.2) is 0 Å². The molecule has 1 aromatic heterocycles. The lowest BCUT2D eigenvalue weighted by molar-refractivity contribution is -0.137. The quantitative estimate of drug-likeness (QED) is 0.583. The summed E-state index contributed by atoms with van der Waals surface area (Å²) in [6, 6.07) is 14.0. The van der Waals surface area contributed by atoms with Crippen LogP contribution in [0.25, 0.3) is 0 Å². The summed E-state index contributed by atoms with van der Waals surface area (Å²) < 4.78 is 39.0. The fourth-order valence-corrected chi connectivity index (χ4v) is 3.60. The minimum Gasteiger partial charge on any atom is -0.326 e. The van der Waals surface area contributed by atoms with Crippen LogP contribution in [0.4, 0.5) is 30.2 Å². The Morgan fingerprint density at radius 3 is 2.41 bits per heavy atom. The van der Waals surface area contributed by atoms with Crippen LogP contribution in [0.15, 0.2) is 73.1 Å². The van der Waals surface area contributed by atoms with Crippen LogP contribution in [-0.4, -0.2) is 29.3 Å². The predicted octanol–water partition coefficient (Wildman–Crippen LogP) is 4.34. The largest absolute Gasteiger partial charge is 0.416 e. The summed E-state index contributed by atoms with van der Waals surface area (Å²) in [7, 11) is 0. The SMILES string of the molecule is O=C(Nc1ccncc1)c1cccc(NC(=O)C2CC(=O)N(c3cccc(C(F)(F)F)c3)C2)c1. The van der Waals surface area contributed by atoms with E-state index in [4.69, 9.17) is 0 Å². The molecule has 174 valence electrons. The minimum absolute atomic E-state index is 0.0474. The van der Waals surface area contributed by atoms with Gasteiger partial charge in [0.2, 0.25) is 11.8 Å². The molecule has 7 nitrogen and oxygen atoms in total. The van der Waals surface area contributed by atoms with Gasteiger partial charge in [0.05, 0.1) is 11.5 Å². The van der Waals surface area contributed by atoms with Crippen molar-refractivity contribution in [1.29, 1.82) is 0 Å². The highest BCUT2D eigenvalue weighted by atomic mass is 19.4. The Morgan fingerprint density at radius 1 is 0.941 bits per heavy atom. The summed E-state index contributed by atoms with van der Waals surface area (Å²) in [5.74, 6) is -2.04. The van der Waals surface area contributed by atoms with E-state index in [1.165, 1.54) is 35.5 Å². The maximum atomic E-state index is 13.0. The third-order valence-corrected chi connectivity index (χ3v) is 5.31. The number of carbonyl (C=O) groups excluding carboxylic acids is 3. The van der Waals surface area contributed by atoms with Crippen molar-refractivity contribution >= 4 is 34.8 Å². The van der Waals surface area contributed by atoms with Crippen molar-refractivity contribution in [3.8, 4) is 0 Å². The second-order valence-electron chi connectivity index (χ2n) is 7.71. The second-order valence-corrected chi connectivity index (χ2v) is 7.71. The molecular formula is C24H19F3N4O3. The Kier molecular flexibility index (Phi) is 6.31. The molecule has 3 amide bonds. The fraction of sp³-hybridized carbons (Fsp3) is 0.167. The molecule has 0 aliphatic carbocycles. The molecule has 34 heavy (non-hydrogen) atoms. The summed E-state index contributed by atoms with van der Waals surface area (Å²) in [4.78, 5) is 42.7. The number of nitrogens with zero attached hydrogens (tertiary/aromatic N) is 2. The molecule has 3 aromatic rings. The molecule has 2 aromatic carbocycles. The monoisotopic (exact) mass is 468 g/mol. The van der Waals surface area contributed by atoms with Gasteiger partial charge in [-0.05, 0) is 48.5 Å². The molecule has 1 fully saturated rings. The van der Waals surface area contributed by atoms with Gasteiger partial charge in [-0.3, -0.25) is 19.4 Å². The maximum absolute atomic E-state index is 13.0. The van der Waals surface area contributed by atoms with Gasteiger partial charge in [0.15, 0.2) is 0 Å². The molecule has 1 aliphatic heterocycles. The highest BCUT2D eigenvalue weighted by Crippen LogP contribution is 2.33. The van der Waals surface area contributed by atoms with Gasteiger partial charge in [-0.1, -0.05) is 12.1 Å². The minimum atomic E-state index is -4.54. The van der Waals surface area contributed by atoms with Crippen LogP contribution in [0.1, 0.15) is 22.3 Å². The van der Waals surface area contributed by atoms with Crippen LogP contribution >= 0.6 is 0 Å². The van der Waals surface area contributed by atoms with Crippen LogP contribution in [0.3, 0.4) is 0 Å². The zero-order valence-corrected chi connectivity index (χ0v) is 17.7. The first kappa shape index (κ1) is 23.0. The first-order valence-electron chi connectivity index (χ1n) is 10.3. The van der Waals surface area contributed by atoms with Gasteiger partial charge in [0.1, 0.15) is 0 Å². The normalized spacial score (nSPS) is 15.8. The Balaban J connectivity index is 1.42. The lowest BCUT2D eigenvalue weighted by atomic mass is 10.1. The van der Waals surface area contributed by atoms with Crippen LogP contribution in [0.2, 0.25) is 0 Å². The number of alkyl halides is 3. The molecule has 1 unspecified atom stereocenters. The van der Waals surface area contributed by atoms with Crippen molar-refractivity contribution in [2.75, 3.05) is 22.1 Å². The number of anilines is 3. The van der Waals surface area contributed by atoms with Crippen LogP contribution < -0.4 is 15.5 Å². The van der Waals surface area contributed by atoms with Crippen molar-refractivity contribution in [2.45, 2.75) is 12.6 Å². The molecule has 0 bridgehead atoms. The number of carbonyl (C=O) groups is 3. The molecule has 0 radical (unpaired) electrons. The van der Waals surface area contributed by atoms with Gasteiger partial charge in [-0.2, -0.15) is 13.2 Å². The van der Waals surface area contributed by atoms with Gasteiger partial charge in [-0.15, -0.1) is 0 Å². The smallest absolute Gasteiger partial charge is 0.326 e. The van der Waals surface area contributed by atoms with E-state index in [1.54, 1.807) is 30.3 Å². The Hall–Kier alpha value is -4.21. The van der Waals surface area contributed by atoms with Crippen molar-refractivity contribution in [3.05, 3.63) is 84.2 Å². The molecule has 2 heterocycles. The number of nitrogens with one attached hydrogen (secondary N) is 2. The molecule has 4 rings (SSSR count). The standard InChI is InChI=1S/C24H19F3N4O3/c25-24(26,27)17-4-2-6-20(13-17)31-14-16(12-21(31)32)23(34)30-19-5-1-3-15(11-19)22(33)29-18-7-9-28-10-8-18/h1-11,13,16H,12,14H2,(H,30,34)(H,28,29,33). The third-order valence-electron chi connectivity index (χ3n) is 5.31. The molecule has 1 saturated heterocycles. The van der Waals surface area contributed by atoms with Gasteiger partial charge >= 0.3 is 6.18 Å². The van der Waals surface area contributed by atoms with E-state index in [0.717, 1.165) is 12.1 Å². The van der Waals surface area contributed by atoms with Crippen molar-refractivity contribution < 1.29 is 27.6 Å². The number of amides is 3. The number of pyridine rings is 1. The van der Waals surface area contributed by atoms with Crippen LogP contribution in [0.5, 0.6) is 0 Å². The van der Waals surface area contributed by atoms with E-state index in [-0.39, 0.29) is 24.6 Å². The molecule has 10 heteroatoms. The van der Waals surface area contributed by atoms with E-state index >= 15 is 0 Å². The predicted molar refractivity (Wildman–Crippen MR) is 119 cm³/mol. The van der Waals surface area contributed by atoms with Crippen molar-refractivity contribution in [3.63, 3.8) is 0 Å². The van der Waals surface area contributed by atoms with Crippen molar-refractivity contribution in [2.24, 2.45) is 5.92 Å². The van der Waals surface area contributed by atoms with Gasteiger partial charge < -0.3 is 15.5 Å². The van der Waals surface area contributed by atoms with Gasteiger partial charge in [0.25, 0.3) is 5.91 Å². The molecule has 1 aliphatic rings. The van der Waals surface area contributed by atoms with E-state index in [1.807, 2.05) is 0 Å². The topological polar surface area (TPSA) is 91.4 Å². The zero-order chi connectivity index (χ0) is 24.3. The molecule has 2 N–H and O–H groups in total. The summed E-state index contributed by atoms with van der Waals surface area (Å²) in [5, 5.41) is 5.40. The zero-order valence-electron chi connectivity index (χ0n) is 17.7. The Morgan fingerprint density at radius 2 is 1.68 bits per heavy atom. The number of halogens is 3. The third kappa shape index (κ3) is 5.22. The summed E-state index contributed by atoms with van der Waals surface area (Å²) in [5.41, 5.74) is 0.450. The second kappa shape index (κ2) is 9.34. The molecule has 1 atom stereocenters. The molecule has 0 saturated carbocycles. The van der Waals surface area contributed by atoms with E-state index < -0.39 is 29.5 Å². The fourth-order valence-electron chi connectivity index (χ4n) is 3.60. The van der Waals surface area contributed by atoms with E-state index in [2.05, 4.69) is 15.6 Å². The highest BCUT2D eigenvalue weighted by molar-refractivity contribution is 6.06. The molecular weight excluding hydrogens is 449 g/mol. The summed E-state index contributed by atoms with van der Waals surface area (Å²) in [6.07, 6.45) is -1.59. The highest BCUT2D eigenvalue weighted by Gasteiger charge is 2.37. The first-order valence-corrected chi connectivity index (χ1v) is 10.3. The first-order chi connectivity index (χ1) is 16.2. The lowest BCUT2D eigenvalue weighted by Gasteiger charge is -2.18. The lowest BCUT2D eigenvalue weighted by Crippen LogP contribution is -2.28. The number of benzene rings is 2. The average Bonchev–Trinajstić information content (AvgIpc) is 3.21. The van der Waals surface area contributed by atoms with E-state index in [0.29, 0.717) is 16.9 Å². The average molecular weight is 468 g/mol. The number of rotatable bonds is 5.